The van der Waals surface area contributed by atoms with E-state index in [1.54, 1.807) is 27.7 Å². The van der Waals surface area contributed by atoms with Gasteiger partial charge in [-0.05, 0) is 33.8 Å². The molecule has 1 aromatic rings. The van der Waals surface area contributed by atoms with Crippen LogP contribution in [0.25, 0.3) is 0 Å². The maximum absolute atomic E-state index is 12.9. The number of aromatic nitrogens is 1. The minimum absolute atomic E-state index is 0.0149. The molecule has 0 bridgehead atoms. The minimum atomic E-state index is -2.89. The Balaban J connectivity index is 3.20. The number of carbonyl (C=O) groups is 2. The van der Waals surface area contributed by atoms with Crippen LogP contribution < -0.4 is 0 Å². The van der Waals surface area contributed by atoms with Gasteiger partial charge >= 0.3 is 12.1 Å². The molecule has 0 aliphatic rings. The first-order valence-electron chi connectivity index (χ1n) is 6.07. The maximum atomic E-state index is 12.9. The van der Waals surface area contributed by atoms with Crippen molar-refractivity contribution in [2.24, 2.45) is 0 Å². The molecule has 20 heavy (non-hydrogen) atoms. The summed E-state index contributed by atoms with van der Waals surface area (Å²) in [5.74, 6) is -0.987. The van der Waals surface area contributed by atoms with Crippen LogP contribution in [0.5, 0.6) is 0 Å². The smallest absolute Gasteiger partial charge is 0.419 e. The van der Waals surface area contributed by atoms with Gasteiger partial charge in [0, 0.05) is 6.20 Å². The van der Waals surface area contributed by atoms with Crippen molar-refractivity contribution in [3.05, 3.63) is 23.5 Å². The molecule has 0 amide bonds. The van der Waals surface area contributed by atoms with Crippen molar-refractivity contribution in [3.8, 4) is 0 Å². The second-order valence-electron chi connectivity index (χ2n) is 4.99. The summed E-state index contributed by atoms with van der Waals surface area (Å²) in [5, 5.41) is 0. The topological polar surface area (TPSA) is 57.5 Å². The minimum Gasteiger partial charge on any atom is -0.461 e. The van der Waals surface area contributed by atoms with Crippen molar-refractivity contribution in [1.82, 2.24) is 4.57 Å². The molecule has 0 saturated carbocycles. The molecule has 0 aromatic carbocycles. The Bertz CT molecular complexity index is 503. The first-order chi connectivity index (χ1) is 9.17. The summed E-state index contributed by atoms with van der Waals surface area (Å²) in [6.07, 6.45) is -2.73. The van der Waals surface area contributed by atoms with Crippen LogP contribution in [0.3, 0.4) is 0 Å². The molecule has 1 heterocycles. The van der Waals surface area contributed by atoms with Crippen LogP contribution in [-0.2, 0) is 9.47 Å². The quantitative estimate of drug-likeness (QED) is 0.800. The Labute approximate surface area is 115 Å². The molecule has 7 heteroatoms. The number of alkyl halides is 2. The molecule has 1 rings (SSSR count). The predicted molar refractivity (Wildman–Crippen MR) is 67.0 cm³/mol. The van der Waals surface area contributed by atoms with Gasteiger partial charge in [-0.3, -0.25) is 0 Å². The zero-order valence-corrected chi connectivity index (χ0v) is 11.8. The molecule has 0 fully saturated rings. The number of halogens is 2. The average molecular weight is 289 g/mol. The second-order valence-corrected chi connectivity index (χ2v) is 4.99. The lowest BCUT2D eigenvalue weighted by atomic mass is 10.2. The number of hydrogen-bond donors (Lipinski definition) is 0. The number of rotatable bonds is 3. The number of ether oxygens (including phenoxy) is 2. The van der Waals surface area contributed by atoms with E-state index >= 15 is 0 Å². The van der Waals surface area contributed by atoms with Gasteiger partial charge in [-0.1, -0.05) is 0 Å². The van der Waals surface area contributed by atoms with Gasteiger partial charge in [-0.25, -0.2) is 22.9 Å². The maximum Gasteiger partial charge on any atom is 0.419 e. The molecular weight excluding hydrogens is 272 g/mol. The van der Waals surface area contributed by atoms with Crippen LogP contribution in [-0.4, -0.2) is 28.8 Å². The summed E-state index contributed by atoms with van der Waals surface area (Å²) in [6.45, 7) is 6.45. The highest BCUT2D eigenvalue weighted by molar-refractivity contribution is 5.93. The van der Waals surface area contributed by atoms with E-state index in [4.69, 9.17) is 9.47 Å². The van der Waals surface area contributed by atoms with E-state index in [1.807, 2.05) is 0 Å². The molecule has 1 aromatic heterocycles. The Morgan fingerprint density at radius 2 is 1.95 bits per heavy atom. The Hall–Kier alpha value is -1.92. The van der Waals surface area contributed by atoms with Crippen LogP contribution >= 0.6 is 0 Å². The van der Waals surface area contributed by atoms with Crippen LogP contribution in [0.4, 0.5) is 13.6 Å². The second kappa shape index (κ2) is 6.02. The van der Waals surface area contributed by atoms with Gasteiger partial charge in [0.2, 0.25) is 0 Å². The lowest BCUT2D eigenvalue weighted by molar-refractivity contribution is 0.0440. The van der Waals surface area contributed by atoms with Crippen molar-refractivity contribution < 1.29 is 27.8 Å². The molecule has 0 spiro atoms. The fourth-order valence-corrected chi connectivity index (χ4v) is 1.50. The third-order valence-corrected chi connectivity index (χ3v) is 2.21. The standard InChI is InChI=1S/C13H17F2NO4/c1-5-19-11(17)9-8(10(14)15)6-7-16(9)12(18)20-13(2,3)4/h6-7,10H,5H2,1-4H3. The lowest BCUT2D eigenvalue weighted by Gasteiger charge is -2.20. The number of hydrogen-bond acceptors (Lipinski definition) is 4. The highest BCUT2D eigenvalue weighted by Crippen LogP contribution is 2.25. The first-order valence-corrected chi connectivity index (χ1v) is 6.07. The molecule has 112 valence electrons. The first kappa shape index (κ1) is 16.1. The molecular formula is C13H17F2NO4. The summed E-state index contributed by atoms with van der Waals surface area (Å²) in [4.78, 5) is 23.7. The zero-order chi connectivity index (χ0) is 15.5. The molecule has 0 unspecified atom stereocenters. The van der Waals surface area contributed by atoms with Crippen molar-refractivity contribution in [3.63, 3.8) is 0 Å². The summed E-state index contributed by atoms with van der Waals surface area (Å²) in [5.41, 5.74) is -1.87. The lowest BCUT2D eigenvalue weighted by Crippen LogP contribution is -2.29. The molecule has 0 N–H and O–H groups in total. The van der Waals surface area contributed by atoms with E-state index in [9.17, 15) is 18.4 Å². The Kier molecular flexibility index (Phi) is 4.86. The molecule has 0 radical (unpaired) electrons. The fourth-order valence-electron chi connectivity index (χ4n) is 1.50. The number of carbonyl (C=O) groups excluding carboxylic acids is 2. The molecule has 0 aliphatic carbocycles. The van der Waals surface area contributed by atoms with Gasteiger partial charge in [0.15, 0.2) is 0 Å². The van der Waals surface area contributed by atoms with E-state index in [0.29, 0.717) is 0 Å². The summed E-state index contributed by atoms with van der Waals surface area (Å²) >= 11 is 0. The van der Waals surface area contributed by atoms with Gasteiger partial charge < -0.3 is 9.47 Å². The highest BCUT2D eigenvalue weighted by atomic mass is 19.3. The summed E-state index contributed by atoms with van der Waals surface area (Å²) < 4.78 is 36.2. The molecule has 5 nitrogen and oxygen atoms in total. The molecule has 0 atom stereocenters. The summed E-state index contributed by atoms with van der Waals surface area (Å²) in [7, 11) is 0. The number of esters is 1. The van der Waals surface area contributed by atoms with Gasteiger partial charge in [-0.15, -0.1) is 0 Å². The number of nitrogens with zero attached hydrogens (tertiary/aromatic N) is 1. The Morgan fingerprint density at radius 3 is 2.40 bits per heavy atom. The van der Waals surface area contributed by atoms with E-state index in [2.05, 4.69) is 0 Å². The van der Waals surface area contributed by atoms with Gasteiger partial charge in [0.25, 0.3) is 6.43 Å². The fraction of sp³-hybridized carbons (Fsp3) is 0.538. The van der Waals surface area contributed by atoms with Gasteiger partial charge in [-0.2, -0.15) is 0 Å². The van der Waals surface area contributed by atoms with Gasteiger partial charge in [0.05, 0.1) is 12.2 Å². The van der Waals surface area contributed by atoms with Crippen LogP contribution in [0.15, 0.2) is 12.3 Å². The Morgan fingerprint density at radius 1 is 1.35 bits per heavy atom. The third-order valence-electron chi connectivity index (χ3n) is 2.21. The van der Waals surface area contributed by atoms with E-state index in [0.717, 1.165) is 16.8 Å². The van der Waals surface area contributed by atoms with Crippen molar-refractivity contribution in [2.45, 2.75) is 39.7 Å². The van der Waals surface area contributed by atoms with E-state index in [-0.39, 0.29) is 6.61 Å². The van der Waals surface area contributed by atoms with Crippen molar-refractivity contribution in [1.29, 1.82) is 0 Å². The highest BCUT2D eigenvalue weighted by Gasteiger charge is 2.29. The van der Waals surface area contributed by atoms with Crippen molar-refractivity contribution in [2.75, 3.05) is 6.61 Å². The van der Waals surface area contributed by atoms with Crippen LogP contribution in [0, 0.1) is 0 Å². The van der Waals surface area contributed by atoms with Gasteiger partial charge in [0.1, 0.15) is 11.3 Å². The SMILES string of the molecule is CCOC(=O)c1c(C(F)F)ccn1C(=O)OC(C)(C)C. The van der Waals surface area contributed by atoms with E-state index < -0.39 is 35.3 Å². The van der Waals surface area contributed by atoms with Crippen LogP contribution in [0.1, 0.15) is 50.2 Å². The molecule has 0 aliphatic heterocycles. The predicted octanol–water partition coefficient (Wildman–Crippen LogP) is 3.39. The van der Waals surface area contributed by atoms with Crippen molar-refractivity contribution >= 4 is 12.1 Å². The summed E-state index contributed by atoms with van der Waals surface area (Å²) in [6, 6.07) is 1.00. The third kappa shape index (κ3) is 3.79. The average Bonchev–Trinajstić information content (AvgIpc) is 2.71. The molecule has 0 saturated heterocycles. The largest absolute Gasteiger partial charge is 0.461 e. The van der Waals surface area contributed by atoms with Crippen LogP contribution in [0.2, 0.25) is 0 Å². The zero-order valence-electron chi connectivity index (χ0n) is 11.8. The van der Waals surface area contributed by atoms with E-state index in [1.165, 1.54) is 0 Å². The monoisotopic (exact) mass is 289 g/mol. The normalized spacial score (nSPS) is 11.6.